The van der Waals surface area contributed by atoms with E-state index in [0.29, 0.717) is 5.88 Å². The number of carbonyl (C=O) groups excluding carboxylic acids is 1. The van der Waals surface area contributed by atoms with Crippen LogP contribution in [0.15, 0.2) is 12.2 Å². The summed E-state index contributed by atoms with van der Waals surface area (Å²) in [4.78, 5) is 11.7. The van der Waals surface area contributed by atoms with Gasteiger partial charge in [0, 0.05) is 18.4 Å². The summed E-state index contributed by atoms with van der Waals surface area (Å²) in [6.07, 6.45) is 4.31. The highest BCUT2D eigenvalue weighted by Gasteiger charge is 2.31. The third-order valence-electron chi connectivity index (χ3n) is 3.60. The van der Waals surface area contributed by atoms with Crippen LogP contribution in [0.2, 0.25) is 0 Å². The third-order valence-corrected chi connectivity index (χ3v) is 3.78. The Labute approximate surface area is 110 Å². The smallest absolute Gasteiger partial charge is 0.248 e. The van der Waals surface area contributed by atoms with Gasteiger partial charge < -0.3 is 9.80 Å². The van der Waals surface area contributed by atoms with Crippen molar-refractivity contribution < 1.29 is 9.28 Å². The molecular weight excluding hydrogens is 236 g/mol. The Hall–Kier alpha value is -0.540. The number of hydrogen-bond donors (Lipinski definition) is 1. The maximum absolute atomic E-state index is 11.7. The average molecular weight is 262 g/mol. The van der Waals surface area contributed by atoms with E-state index in [0.717, 1.165) is 30.5 Å². The van der Waals surface area contributed by atoms with Gasteiger partial charge in [0.2, 0.25) is 5.91 Å². The van der Waals surface area contributed by atoms with Crippen molar-refractivity contribution in [2.75, 3.05) is 25.5 Å². The lowest BCUT2D eigenvalue weighted by molar-refractivity contribution is -0.948. The lowest BCUT2D eigenvalue weighted by Gasteiger charge is -2.42. The highest BCUT2D eigenvalue weighted by molar-refractivity contribution is 6.19. The van der Waals surface area contributed by atoms with Crippen LogP contribution in [-0.2, 0) is 4.79 Å². The summed E-state index contributed by atoms with van der Waals surface area (Å²) in [7, 11) is 0. The van der Waals surface area contributed by atoms with Crippen molar-refractivity contribution in [3.63, 3.8) is 0 Å². The lowest BCUT2D eigenvalue weighted by atomic mass is 10.2. The van der Waals surface area contributed by atoms with Crippen molar-refractivity contribution in [1.29, 1.82) is 0 Å². The molecule has 0 aromatic rings. The van der Waals surface area contributed by atoms with E-state index in [1.807, 2.05) is 0 Å². The van der Waals surface area contributed by atoms with Gasteiger partial charge in [-0.15, -0.1) is 11.6 Å². The summed E-state index contributed by atoms with van der Waals surface area (Å²) in [6.45, 7) is 11.7. The van der Waals surface area contributed by atoms with Crippen LogP contribution in [0.25, 0.3) is 0 Å². The number of nitrogens with one attached hydrogen (secondary N) is 1. The van der Waals surface area contributed by atoms with Crippen molar-refractivity contribution in [2.24, 2.45) is 0 Å². The van der Waals surface area contributed by atoms with Crippen molar-refractivity contribution in [3.05, 3.63) is 12.2 Å². The lowest BCUT2D eigenvalue weighted by Crippen LogP contribution is -2.61. The zero-order valence-corrected chi connectivity index (χ0v) is 12.3. The Kier molecular flexibility index (Phi) is 8.26. The topological polar surface area (TPSA) is 29.1 Å². The molecule has 1 unspecified atom stereocenters. The molecule has 0 bridgehead atoms. The Morgan fingerprint density at radius 1 is 1.24 bits per heavy atom. The fourth-order valence-corrected chi connectivity index (χ4v) is 2.41. The van der Waals surface area contributed by atoms with Gasteiger partial charge in [-0.25, -0.2) is 0 Å². The number of alkyl halides is 1. The molecule has 0 aromatic carbocycles. The van der Waals surface area contributed by atoms with Crippen molar-refractivity contribution in [1.82, 2.24) is 5.32 Å². The molecule has 0 spiro atoms. The summed E-state index contributed by atoms with van der Waals surface area (Å²) >= 11 is 5.52. The molecule has 0 fully saturated rings. The second kappa shape index (κ2) is 8.54. The molecule has 0 aromatic heterocycles. The first-order chi connectivity index (χ1) is 8.10. The van der Waals surface area contributed by atoms with Gasteiger partial charge in [0.1, 0.15) is 0 Å². The number of amides is 1. The van der Waals surface area contributed by atoms with E-state index in [-0.39, 0.29) is 12.1 Å². The molecule has 0 heterocycles. The molecule has 3 nitrogen and oxygen atoms in total. The Bertz CT molecular complexity index is 242. The van der Waals surface area contributed by atoms with Gasteiger partial charge >= 0.3 is 0 Å². The summed E-state index contributed by atoms with van der Waals surface area (Å²) in [5, 5.41) is 3.08. The van der Waals surface area contributed by atoms with E-state index in [1.54, 1.807) is 6.08 Å². The molecule has 0 aliphatic heterocycles. The van der Waals surface area contributed by atoms with E-state index in [1.165, 1.54) is 6.08 Å². The number of halogens is 1. The Morgan fingerprint density at radius 3 is 2.12 bits per heavy atom. The van der Waals surface area contributed by atoms with E-state index in [9.17, 15) is 4.79 Å². The van der Waals surface area contributed by atoms with E-state index in [4.69, 9.17) is 11.6 Å². The first kappa shape index (κ1) is 16.5. The molecule has 0 saturated heterocycles. The number of allylic oxidation sites excluding steroid dienone is 1. The molecule has 0 aliphatic rings. The van der Waals surface area contributed by atoms with Gasteiger partial charge in [-0.2, -0.15) is 0 Å². The number of hydrogen-bond acceptors (Lipinski definition) is 1. The van der Waals surface area contributed by atoms with Crippen LogP contribution in [0, 0.1) is 0 Å². The first-order valence-electron chi connectivity index (χ1n) is 6.48. The third kappa shape index (κ3) is 4.68. The predicted molar refractivity (Wildman–Crippen MR) is 74.0 cm³/mol. The van der Waals surface area contributed by atoms with Gasteiger partial charge in [-0.1, -0.05) is 13.0 Å². The Balaban J connectivity index is 4.70. The summed E-state index contributed by atoms with van der Waals surface area (Å²) in [6, 6.07) is 0. The molecule has 0 radical (unpaired) electrons. The predicted octanol–water partition coefficient (Wildman–Crippen LogP) is 2.51. The first-order valence-corrected chi connectivity index (χ1v) is 7.02. The maximum atomic E-state index is 11.7. The van der Waals surface area contributed by atoms with Gasteiger partial charge in [-0.05, 0) is 20.8 Å². The van der Waals surface area contributed by atoms with E-state index >= 15 is 0 Å². The largest absolute Gasteiger partial charge is 0.305 e. The molecule has 4 heteroatoms. The quantitative estimate of drug-likeness (QED) is 0.309. The number of nitrogens with zero attached hydrogens (tertiary/aromatic N) is 1. The number of rotatable bonds is 8. The number of quaternary nitrogens is 1. The van der Waals surface area contributed by atoms with Gasteiger partial charge in [-0.3, -0.25) is 4.79 Å². The van der Waals surface area contributed by atoms with Crippen LogP contribution in [0.5, 0.6) is 0 Å². The minimum Gasteiger partial charge on any atom is -0.305 e. The fourth-order valence-electron chi connectivity index (χ4n) is 2.32. The molecule has 1 amide bonds. The minimum absolute atomic E-state index is 0.0460. The van der Waals surface area contributed by atoms with Crippen LogP contribution < -0.4 is 5.32 Å². The molecule has 0 saturated carbocycles. The molecule has 1 atom stereocenters. The second-order valence-electron chi connectivity index (χ2n) is 4.16. The molecule has 0 rings (SSSR count). The minimum atomic E-state index is -0.0460. The zero-order chi connectivity index (χ0) is 13.3. The number of carbonyl (C=O) groups is 1. The zero-order valence-electron chi connectivity index (χ0n) is 11.5. The summed E-state index contributed by atoms with van der Waals surface area (Å²) < 4.78 is 0.928. The summed E-state index contributed by atoms with van der Waals surface area (Å²) in [5.41, 5.74) is 0. The molecular formula is C13H26ClN2O+. The van der Waals surface area contributed by atoms with E-state index < -0.39 is 0 Å². The molecule has 1 N–H and O–H groups in total. The monoisotopic (exact) mass is 261 g/mol. The molecule has 0 aliphatic carbocycles. The SMILES string of the molecule is CCC(NC(=O)/C=C/CCl)[N+](CC)(CC)CC. The van der Waals surface area contributed by atoms with Gasteiger partial charge in [0.05, 0.1) is 19.6 Å². The molecule has 17 heavy (non-hydrogen) atoms. The fraction of sp³-hybridized carbons (Fsp3) is 0.769. The van der Waals surface area contributed by atoms with E-state index in [2.05, 4.69) is 33.0 Å². The normalized spacial score (nSPS) is 13.9. The highest BCUT2D eigenvalue weighted by atomic mass is 35.5. The molecule has 100 valence electrons. The highest BCUT2D eigenvalue weighted by Crippen LogP contribution is 2.14. The van der Waals surface area contributed by atoms with Gasteiger partial charge in [0.15, 0.2) is 6.17 Å². The Morgan fingerprint density at radius 2 is 1.76 bits per heavy atom. The van der Waals surface area contributed by atoms with Crippen LogP contribution in [0.1, 0.15) is 34.1 Å². The van der Waals surface area contributed by atoms with Crippen LogP contribution in [-0.4, -0.2) is 42.1 Å². The average Bonchev–Trinajstić information content (AvgIpc) is 2.37. The van der Waals surface area contributed by atoms with Crippen molar-refractivity contribution >= 4 is 17.5 Å². The maximum Gasteiger partial charge on any atom is 0.248 e. The standard InChI is InChI=1S/C13H25ClN2O/c1-5-12(15-13(17)10-9-11-14)16(6-2,7-3)8-4/h9-10,12H,5-8,11H2,1-4H3/p+1/b10-9+. The van der Waals surface area contributed by atoms with Gasteiger partial charge in [0.25, 0.3) is 0 Å². The van der Waals surface area contributed by atoms with Crippen molar-refractivity contribution in [2.45, 2.75) is 40.3 Å². The second-order valence-corrected chi connectivity index (χ2v) is 4.47. The summed E-state index contributed by atoms with van der Waals surface area (Å²) in [5.74, 6) is 0.329. The van der Waals surface area contributed by atoms with Crippen LogP contribution >= 0.6 is 11.6 Å². The van der Waals surface area contributed by atoms with Crippen molar-refractivity contribution in [3.8, 4) is 0 Å². The van der Waals surface area contributed by atoms with Crippen LogP contribution in [0.3, 0.4) is 0 Å². The van der Waals surface area contributed by atoms with Crippen LogP contribution in [0.4, 0.5) is 0 Å².